The molecule has 126 valence electrons. The highest BCUT2D eigenvalue weighted by Gasteiger charge is 2.11. The summed E-state index contributed by atoms with van der Waals surface area (Å²) in [5.74, 6) is -1.35. The Morgan fingerprint density at radius 2 is 1.88 bits per heavy atom. The van der Waals surface area contributed by atoms with E-state index in [4.69, 9.17) is 5.11 Å². The maximum atomic E-state index is 12.1. The average molecular weight is 345 g/mol. The van der Waals surface area contributed by atoms with Crippen molar-refractivity contribution in [2.24, 2.45) is 0 Å². The molecule has 0 saturated carbocycles. The maximum Gasteiger partial charge on any atom is 0.335 e. The predicted molar refractivity (Wildman–Crippen MR) is 94.7 cm³/mol. The van der Waals surface area contributed by atoms with Crippen LogP contribution in [0.25, 0.3) is 0 Å². The summed E-state index contributed by atoms with van der Waals surface area (Å²) in [7, 11) is -1.41. The smallest absolute Gasteiger partial charge is 0.335 e. The van der Waals surface area contributed by atoms with Gasteiger partial charge in [-0.2, -0.15) is 0 Å². The van der Waals surface area contributed by atoms with Crippen molar-refractivity contribution in [2.75, 3.05) is 11.1 Å². The second-order valence-electron chi connectivity index (χ2n) is 5.60. The first-order valence-electron chi connectivity index (χ1n) is 7.39. The molecule has 0 aromatic heterocycles. The van der Waals surface area contributed by atoms with Gasteiger partial charge in [0.25, 0.3) is 0 Å². The number of benzene rings is 2. The Bertz CT molecular complexity index is 801. The summed E-state index contributed by atoms with van der Waals surface area (Å²) in [5.41, 5.74) is 3.46. The summed E-state index contributed by atoms with van der Waals surface area (Å²) >= 11 is 0. The van der Waals surface area contributed by atoms with E-state index in [1.54, 1.807) is 12.1 Å². The molecule has 2 N–H and O–H groups in total. The third-order valence-electron chi connectivity index (χ3n) is 3.46. The molecule has 2 aromatic carbocycles. The molecule has 0 fully saturated rings. The van der Waals surface area contributed by atoms with Gasteiger partial charge < -0.3 is 10.4 Å². The van der Waals surface area contributed by atoms with Gasteiger partial charge in [-0.1, -0.05) is 24.3 Å². The molecular formula is C18H19NO4S. The molecule has 1 amide bonds. The lowest BCUT2D eigenvalue weighted by Crippen LogP contribution is -2.20. The van der Waals surface area contributed by atoms with Crippen LogP contribution < -0.4 is 5.32 Å². The number of carboxylic acid groups (broad SMARTS) is 1. The minimum absolute atomic E-state index is 0.134. The van der Waals surface area contributed by atoms with Crippen molar-refractivity contribution in [3.8, 4) is 0 Å². The predicted octanol–water partition coefficient (Wildman–Crippen LogP) is 2.89. The van der Waals surface area contributed by atoms with Crippen molar-refractivity contribution in [2.45, 2.75) is 19.6 Å². The number of carbonyl (C=O) groups excluding carboxylic acids is 1. The van der Waals surface area contributed by atoms with Crippen molar-refractivity contribution in [1.29, 1.82) is 0 Å². The minimum atomic E-state index is -1.41. The normalized spacial score (nSPS) is 11.8. The topological polar surface area (TPSA) is 83.5 Å². The Balaban J connectivity index is 1.97. The molecule has 24 heavy (non-hydrogen) atoms. The molecule has 2 rings (SSSR count). The first-order chi connectivity index (χ1) is 11.3. The number of nitrogens with one attached hydrogen (secondary N) is 1. The summed E-state index contributed by atoms with van der Waals surface area (Å²) < 4.78 is 12.1. The van der Waals surface area contributed by atoms with Crippen LogP contribution in [0, 0.1) is 13.8 Å². The fourth-order valence-electron chi connectivity index (χ4n) is 2.23. The Hall–Kier alpha value is -2.47. The first kappa shape index (κ1) is 17.9. The summed E-state index contributed by atoms with van der Waals surface area (Å²) in [6.45, 7) is 3.83. The van der Waals surface area contributed by atoms with E-state index < -0.39 is 16.8 Å². The number of aryl methyl sites for hydroxylation is 2. The van der Waals surface area contributed by atoms with Crippen LogP contribution in [0.3, 0.4) is 0 Å². The fourth-order valence-corrected chi connectivity index (χ4v) is 3.25. The lowest BCUT2D eigenvalue weighted by molar-refractivity contribution is -0.113. The molecular weight excluding hydrogens is 326 g/mol. The highest BCUT2D eigenvalue weighted by molar-refractivity contribution is 7.84. The highest BCUT2D eigenvalue weighted by atomic mass is 32.2. The second kappa shape index (κ2) is 7.88. The Morgan fingerprint density at radius 1 is 1.12 bits per heavy atom. The third kappa shape index (κ3) is 5.03. The zero-order chi connectivity index (χ0) is 17.7. The van der Waals surface area contributed by atoms with Crippen molar-refractivity contribution >= 4 is 28.4 Å². The van der Waals surface area contributed by atoms with Crippen molar-refractivity contribution in [3.63, 3.8) is 0 Å². The summed E-state index contributed by atoms with van der Waals surface area (Å²) in [6, 6.07) is 12.0. The van der Waals surface area contributed by atoms with Gasteiger partial charge in [0.05, 0.1) is 5.56 Å². The van der Waals surface area contributed by atoms with Gasteiger partial charge in [-0.15, -0.1) is 0 Å². The van der Waals surface area contributed by atoms with E-state index in [9.17, 15) is 13.8 Å². The largest absolute Gasteiger partial charge is 0.478 e. The van der Waals surface area contributed by atoms with Gasteiger partial charge in [0.15, 0.2) is 0 Å². The number of anilines is 1. The first-order valence-corrected chi connectivity index (χ1v) is 8.88. The van der Waals surface area contributed by atoms with E-state index in [0.29, 0.717) is 11.3 Å². The molecule has 5 nitrogen and oxygen atoms in total. The Kier molecular flexibility index (Phi) is 5.87. The van der Waals surface area contributed by atoms with Gasteiger partial charge in [-0.05, 0) is 48.7 Å². The van der Waals surface area contributed by atoms with Crippen molar-refractivity contribution in [3.05, 3.63) is 64.7 Å². The highest BCUT2D eigenvalue weighted by Crippen LogP contribution is 2.16. The molecule has 0 spiro atoms. The number of hydrogen-bond donors (Lipinski definition) is 2. The van der Waals surface area contributed by atoms with Gasteiger partial charge >= 0.3 is 5.97 Å². The van der Waals surface area contributed by atoms with Crippen LogP contribution in [0.5, 0.6) is 0 Å². The SMILES string of the molecule is Cc1ccc(C)c(NC(=O)CS(=O)Cc2cccc(C(=O)O)c2)c1. The number of carboxylic acids is 1. The number of carbonyl (C=O) groups is 2. The standard InChI is InChI=1S/C18H19NO4S/c1-12-6-7-13(2)16(8-12)19-17(20)11-24(23)10-14-4-3-5-15(9-14)18(21)22/h3-9H,10-11H2,1-2H3,(H,19,20)(H,21,22). The second-order valence-corrected chi connectivity index (χ2v) is 7.06. The van der Waals surface area contributed by atoms with E-state index in [1.165, 1.54) is 12.1 Å². The minimum Gasteiger partial charge on any atom is -0.478 e. The van der Waals surface area contributed by atoms with Crippen LogP contribution in [0.15, 0.2) is 42.5 Å². The van der Waals surface area contributed by atoms with E-state index in [2.05, 4.69) is 5.32 Å². The maximum absolute atomic E-state index is 12.1. The zero-order valence-corrected chi connectivity index (χ0v) is 14.4. The van der Waals surface area contributed by atoms with Gasteiger partial charge in [0.2, 0.25) is 5.91 Å². The summed E-state index contributed by atoms with van der Waals surface area (Å²) in [4.78, 5) is 23.0. The molecule has 0 aliphatic heterocycles. The summed E-state index contributed by atoms with van der Waals surface area (Å²) in [5, 5.41) is 11.7. The summed E-state index contributed by atoms with van der Waals surface area (Å²) in [6.07, 6.45) is 0. The molecule has 0 aliphatic carbocycles. The number of rotatable bonds is 6. The lowest BCUT2D eigenvalue weighted by atomic mass is 10.1. The molecule has 1 unspecified atom stereocenters. The van der Waals surface area contributed by atoms with Crippen molar-refractivity contribution in [1.82, 2.24) is 0 Å². The van der Waals surface area contributed by atoms with Gasteiger partial charge in [0.1, 0.15) is 5.75 Å². The lowest BCUT2D eigenvalue weighted by Gasteiger charge is -2.09. The van der Waals surface area contributed by atoms with E-state index >= 15 is 0 Å². The van der Waals surface area contributed by atoms with Crippen LogP contribution in [0.4, 0.5) is 5.69 Å². The molecule has 2 aromatic rings. The van der Waals surface area contributed by atoms with Crippen LogP contribution >= 0.6 is 0 Å². The molecule has 0 saturated heterocycles. The fraction of sp³-hybridized carbons (Fsp3) is 0.222. The molecule has 0 heterocycles. The average Bonchev–Trinajstić information content (AvgIpc) is 2.51. The number of hydrogen-bond acceptors (Lipinski definition) is 3. The molecule has 0 radical (unpaired) electrons. The van der Waals surface area contributed by atoms with E-state index in [-0.39, 0.29) is 23.0 Å². The zero-order valence-electron chi connectivity index (χ0n) is 13.5. The molecule has 1 atom stereocenters. The Morgan fingerprint density at radius 3 is 2.58 bits per heavy atom. The van der Waals surface area contributed by atoms with E-state index in [1.807, 2.05) is 32.0 Å². The third-order valence-corrected chi connectivity index (χ3v) is 4.70. The van der Waals surface area contributed by atoms with Crippen LogP contribution in [-0.4, -0.2) is 26.9 Å². The number of aromatic carboxylic acids is 1. The monoisotopic (exact) mass is 345 g/mol. The van der Waals surface area contributed by atoms with Crippen molar-refractivity contribution < 1.29 is 18.9 Å². The molecule has 0 aliphatic rings. The van der Waals surface area contributed by atoms with Crippen LogP contribution in [-0.2, 0) is 21.3 Å². The Labute approximate surface area is 143 Å². The number of amides is 1. The molecule has 0 bridgehead atoms. The molecule has 6 heteroatoms. The van der Waals surface area contributed by atoms with Gasteiger partial charge in [0, 0.05) is 22.2 Å². The van der Waals surface area contributed by atoms with E-state index in [0.717, 1.165) is 11.1 Å². The van der Waals surface area contributed by atoms with Crippen LogP contribution in [0.1, 0.15) is 27.0 Å². The van der Waals surface area contributed by atoms with Gasteiger partial charge in [-0.3, -0.25) is 9.00 Å². The van der Waals surface area contributed by atoms with Gasteiger partial charge in [-0.25, -0.2) is 4.79 Å². The van der Waals surface area contributed by atoms with Crippen LogP contribution in [0.2, 0.25) is 0 Å². The quantitative estimate of drug-likeness (QED) is 0.843.